The monoisotopic (exact) mass is 214 g/mol. The fourth-order valence-corrected chi connectivity index (χ4v) is 1.82. The third-order valence-electron chi connectivity index (χ3n) is 2.72. The van der Waals surface area contributed by atoms with Crippen LogP contribution in [0.25, 0.3) is 0 Å². The maximum absolute atomic E-state index is 11.7. The molecule has 15 heavy (non-hydrogen) atoms. The summed E-state index contributed by atoms with van der Waals surface area (Å²) < 4.78 is 5.35. The van der Waals surface area contributed by atoms with Gasteiger partial charge in [-0.25, -0.2) is 0 Å². The molecule has 1 unspecified atom stereocenters. The van der Waals surface area contributed by atoms with Crippen molar-refractivity contribution in [2.75, 3.05) is 26.2 Å². The van der Waals surface area contributed by atoms with Crippen molar-refractivity contribution in [2.45, 2.75) is 32.8 Å². The number of piperidine rings is 1. The van der Waals surface area contributed by atoms with Gasteiger partial charge in [0.05, 0.1) is 6.10 Å². The van der Waals surface area contributed by atoms with E-state index in [0.717, 1.165) is 25.9 Å². The summed E-state index contributed by atoms with van der Waals surface area (Å²) in [5.74, 6) is 0.378. The van der Waals surface area contributed by atoms with Gasteiger partial charge in [0.25, 0.3) is 0 Å². The van der Waals surface area contributed by atoms with Gasteiger partial charge >= 0.3 is 0 Å². The topological polar surface area (TPSA) is 50.4 Å². The first-order valence-electron chi connectivity index (χ1n) is 5.84. The van der Waals surface area contributed by atoms with E-state index >= 15 is 0 Å². The molecule has 1 atom stereocenters. The van der Waals surface area contributed by atoms with Crippen LogP contribution >= 0.6 is 0 Å². The van der Waals surface area contributed by atoms with Crippen LogP contribution in [0.3, 0.4) is 0 Å². The molecule has 0 saturated carbocycles. The Bertz CT molecular complexity index is 191. The van der Waals surface area contributed by atoms with E-state index in [0.29, 0.717) is 13.2 Å². The van der Waals surface area contributed by atoms with Crippen LogP contribution in [0.5, 0.6) is 0 Å². The average molecular weight is 214 g/mol. The lowest BCUT2D eigenvalue weighted by molar-refractivity contribution is -0.126. The Morgan fingerprint density at radius 1 is 1.53 bits per heavy atom. The highest BCUT2D eigenvalue weighted by molar-refractivity contribution is 5.78. The second-order valence-corrected chi connectivity index (χ2v) is 4.04. The molecule has 0 aromatic carbocycles. The molecule has 1 aliphatic heterocycles. The van der Waals surface area contributed by atoms with E-state index in [9.17, 15) is 4.79 Å². The summed E-state index contributed by atoms with van der Waals surface area (Å²) in [4.78, 5) is 11.7. The molecule has 0 radical (unpaired) electrons. The van der Waals surface area contributed by atoms with E-state index in [1.807, 2.05) is 13.8 Å². The first-order chi connectivity index (χ1) is 7.24. The molecule has 1 rings (SSSR count). The minimum atomic E-state index is 0.112. The molecule has 0 aromatic heterocycles. The van der Waals surface area contributed by atoms with E-state index in [1.54, 1.807) is 0 Å². The molecule has 1 amide bonds. The molecule has 1 saturated heterocycles. The zero-order chi connectivity index (χ0) is 11.1. The Morgan fingerprint density at radius 3 is 2.80 bits per heavy atom. The van der Waals surface area contributed by atoms with Crippen LogP contribution in [-0.4, -0.2) is 38.3 Å². The van der Waals surface area contributed by atoms with Crippen LogP contribution in [0.1, 0.15) is 26.7 Å². The van der Waals surface area contributed by atoms with Crippen molar-refractivity contribution in [1.82, 2.24) is 10.6 Å². The minimum Gasteiger partial charge on any atom is -0.377 e. The summed E-state index contributed by atoms with van der Waals surface area (Å²) in [6, 6.07) is 0. The average Bonchev–Trinajstić information content (AvgIpc) is 2.27. The van der Waals surface area contributed by atoms with Crippen molar-refractivity contribution in [3.63, 3.8) is 0 Å². The maximum Gasteiger partial charge on any atom is 0.223 e. The number of hydrogen-bond acceptors (Lipinski definition) is 3. The van der Waals surface area contributed by atoms with Crippen LogP contribution in [0, 0.1) is 5.92 Å². The van der Waals surface area contributed by atoms with Crippen molar-refractivity contribution in [1.29, 1.82) is 0 Å². The number of carbonyl (C=O) groups excluding carboxylic acids is 1. The Balaban J connectivity index is 2.16. The minimum absolute atomic E-state index is 0.112. The summed E-state index contributed by atoms with van der Waals surface area (Å²) in [5, 5.41) is 6.20. The van der Waals surface area contributed by atoms with Crippen LogP contribution in [0.2, 0.25) is 0 Å². The summed E-state index contributed by atoms with van der Waals surface area (Å²) in [6.07, 6.45) is 2.02. The predicted octanol–water partition coefficient (Wildman–Crippen LogP) is 0.527. The highest BCUT2D eigenvalue weighted by Gasteiger charge is 2.20. The van der Waals surface area contributed by atoms with E-state index in [2.05, 4.69) is 10.6 Å². The van der Waals surface area contributed by atoms with Gasteiger partial charge in [0, 0.05) is 19.1 Å². The molecule has 1 aliphatic rings. The van der Waals surface area contributed by atoms with Gasteiger partial charge in [-0.2, -0.15) is 0 Å². The normalized spacial score (nSPS) is 19.9. The standard InChI is InChI=1S/C11H22N2O2/c1-3-15-9(2)8-13-11(14)10-4-6-12-7-5-10/h9-10,12H,3-8H2,1-2H3,(H,13,14). The molecular weight excluding hydrogens is 192 g/mol. The zero-order valence-corrected chi connectivity index (χ0v) is 9.71. The third kappa shape index (κ3) is 4.62. The number of amides is 1. The van der Waals surface area contributed by atoms with Crippen molar-refractivity contribution in [3.8, 4) is 0 Å². The van der Waals surface area contributed by atoms with Gasteiger partial charge in [-0.3, -0.25) is 4.79 Å². The molecule has 0 spiro atoms. The molecule has 0 aliphatic carbocycles. The predicted molar refractivity (Wildman–Crippen MR) is 59.7 cm³/mol. The van der Waals surface area contributed by atoms with Gasteiger partial charge in [-0.1, -0.05) is 0 Å². The van der Waals surface area contributed by atoms with E-state index in [-0.39, 0.29) is 17.9 Å². The molecular formula is C11H22N2O2. The number of rotatable bonds is 5. The van der Waals surface area contributed by atoms with Crippen LogP contribution in [0.15, 0.2) is 0 Å². The van der Waals surface area contributed by atoms with Gasteiger partial charge in [0.1, 0.15) is 0 Å². The lowest BCUT2D eigenvalue weighted by Crippen LogP contribution is -2.40. The SMILES string of the molecule is CCOC(C)CNC(=O)C1CCNCC1. The quantitative estimate of drug-likeness (QED) is 0.702. The second-order valence-electron chi connectivity index (χ2n) is 4.04. The molecule has 1 fully saturated rings. The lowest BCUT2D eigenvalue weighted by Gasteiger charge is -2.22. The molecule has 2 N–H and O–H groups in total. The van der Waals surface area contributed by atoms with Gasteiger partial charge in [0.15, 0.2) is 0 Å². The van der Waals surface area contributed by atoms with Gasteiger partial charge in [-0.15, -0.1) is 0 Å². The summed E-state index contributed by atoms with van der Waals surface area (Å²) >= 11 is 0. The van der Waals surface area contributed by atoms with Crippen molar-refractivity contribution in [3.05, 3.63) is 0 Å². The van der Waals surface area contributed by atoms with E-state index < -0.39 is 0 Å². The van der Waals surface area contributed by atoms with E-state index in [1.165, 1.54) is 0 Å². The first kappa shape index (κ1) is 12.5. The number of carbonyl (C=O) groups is 1. The number of ether oxygens (including phenoxy) is 1. The van der Waals surface area contributed by atoms with Gasteiger partial charge < -0.3 is 15.4 Å². The molecule has 1 heterocycles. The summed E-state index contributed by atoms with van der Waals surface area (Å²) in [7, 11) is 0. The van der Waals surface area contributed by atoms with Crippen molar-refractivity contribution in [2.24, 2.45) is 5.92 Å². The van der Waals surface area contributed by atoms with Gasteiger partial charge in [0.2, 0.25) is 5.91 Å². The highest BCUT2D eigenvalue weighted by atomic mass is 16.5. The lowest BCUT2D eigenvalue weighted by atomic mass is 9.97. The molecule has 4 heteroatoms. The zero-order valence-electron chi connectivity index (χ0n) is 9.71. The Hall–Kier alpha value is -0.610. The smallest absolute Gasteiger partial charge is 0.223 e. The Labute approximate surface area is 91.8 Å². The van der Waals surface area contributed by atoms with Crippen LogP contribution in [-0.2, 0) is 9.53 Å². The second kappa shape index (κ2) is 6.80. The van der Waals surface area contributed by atoms with E-state index in [4.69, 9.17) is 4.74 Å². The molecule has 4 nitrogen and oxygen atoms in total. The maximum atomic E-state index is 11.7. The summed E-state index contributed by atoms with van der Waals surface area (Å²) in [5.41, 5.74) is 0. The fourth-order valence-electron chi connectivity index (χ4n) is 1.82. The van der Waals surface area contributed by atoms with Crippen molar-refractivity contribution >= 4 is 5.91 Å². The molecule has 88 valence electrons. The first-order valence-corrected chi connectivity index (χ1v) is 5.84. The third-order valence-corrected chi connectivity index (χ3v) is 2.72. The van der Waals surface area contributed by atoms with Crippen LogP contribution < -0.4 is 10.6 Å². The number of nitrogens with one attached hydrogen (secondary N) is 2. The Kier molecular flexibility index (Phi) is 5.65. The summed E-state index contributed by atoms with van der Waals surface area (Å²) in [6.45, 7) is 7.18. The Morgan fingerprint density at radius 2 is 2.20 bits per heavy atom. The highest BCUT2D eigenvalue weighted by Crippen LogP contribution is 2.11. The molecule has 0 aromatic rings. The number of hydrogen-bond donors (Lipinski definition) is 2. The molecule has 0 bridgehead atoms. The largest absolute Gasteiger partial charge is 0.377 e. The van der Waals surface area contributed by atoms with Crippen molar-refractivity contribution < 1.29 is 9.53 Å². The van der Waals surface area contributed by atoms with Crippen LogP contribution in [0.4, 0.5) is 0 Å². The van der Waals surface area contributed by atoms with Gasteiger partial charge in [-0.05, 0) is 39.8 Å². The fraction of sp³-hybridized carbons (Fsp3) is 0.909.